The molecule has 2 aromatic rings. The molecule has 3 aliphatic heterocycles. The van der Waals surface area contributed by atoms with E-state index in [1.54, 1.807) is 0 Å². The Kier molecular flexibility index (Phi) is 13.4. The van der Waals surface area contributed by atoms with Gasteiger partial charge in [0.25, 0.3) is 0 Å². The highest BCUT2D eigenvalue weighted by Gasteiger charge is 2.51. The molecule has 1 aliphatic carbocycles. The Bertz CT molecular complexity index is 1410. The minimum absolute atomic E-state index is 0.176. The molecule has 11 nitrogen and oxygen atoms in total. The number of carboxylic acid groups (broad SMARTS) is 4. The van der Waals surface area contributed by atoms with Crippen molar-refractivity contribution < 1.29 is 53.8 Å². The Morgan fingerprint density at radius 3 is 1.50 bits per heavy atom. The molecule has 2 aromatic carbocycles. The van der Waals surface area contributed by atoms with Crippen molar-refractivity contribution in [1.29, 1.82) is 0 Å². The zero-order valence-corrected chi connectivity index (χ0v) is 26.4. The maximum atomic E-state index is 9.60. The molecule has 4 atom stereocenters. The van der Waals surface area contributed by atoms with E-state index < -0.39 is 23.9 Å². The second kappa shape index (κ2) is 16.5. The highest BCUT2D eigenvalue weighted by atomic mass is 16.6. The second-order valence-corrected chi connectivity index (χ2v) is 11.0. The molecular weight excluding hydrogens is 596 g/mol. The van der Waals surface area contributed by atoms with Gasteiger partial charge in [0, 0.05) is 22.3 Å². The molecule has 0 bridgehead atoms. The molecule has 0 radical (unpaired) electrons. The molecular formula is C35H40O11. The van der Waals surface area contributed by atoms with Crippen LogP contribution in [0, 0.1) is 0 Å². The average Bonchev–Trinajstić information content (AvgIpc) is 3.89. The van der Waals surface area contributed by atoms with E-state index in [-0.39, 0.29) is 46.7 Å². The van der Waals surface area contributed by atoms with Crippen LogP contribution in [0.2, 0.25) is 0 Å². The summed E-state index contributed by atoms with van der Waals surface area (Å²) in [6, 6.07) is 13.2. The maximum Gasteiger partial charge on any atom is 0.330 e. The molecule has 0 amide bonds. The van der Waals surface area contributed by atoms with E-state index in [0.29, 0.717) is 13.2 Å². The lowest BCUT2D eigenvalue weighted by Crippen LogP contribution is -2.06. The fourth-order valence-corrected chi connectivity index (χ4v) is 4.20. The van der Waals surface area contributed by atoms with Gasteiger partial charge >= 0.3 is 23.9 Å². The Morgan fingerprint density at radius 2 is 1.04 bits per heavy atom. The number of hydrogen-bond donors (Lipinski definition) is 4. The van der Waals surface area contributed by atoms with Gasteiger partial charge in [-0.3, -0.25) is 0 Å². The van der Waals surface area contributed by atoms with Crippen LogP contribution in [-0.4, -0.2) is 69.7 Å². The van der Waals surface area contributed by atoms with Crippen molar-refractivity contribution in [1.82, 2.24) is 0 Å². The number of ether oxygens (including phenoxy) is 3. The molecule has 4 N–H and O–H groups in total. The summed E-state index contributed by atoms with van der Waals surface area (Å²) in [5, 5.41) is 31.6. The number of fused-ring (bicyclic) bond motifs is 9. The molecule has 6 rings (SSSR count). The molecule has 0 saturated carbocycles. The van der Waals surface area contributed by atoms with E-state index in [2.05, 4.69) is 62.7 Å². The summed E-state index contributed by atoms with van der Waals surface area (Å²) < 4.78 is 17.5. The van der Waals surface area contributed by atoms with Crippen LogP contribution in [0.3, 0.4) is 0 Å². The lowest BCUT2D eigenvalue weighted by atomic mass is 9.91. The Balaban J connectivity index is 0.000000255. The van der Waals surface area contributed by atoms with Crippen LogP contribution in [-0.2, 0) is 39.8 Å². The molecule has 2 fully saturated rings. The first kappa shape index (κ1) is 37.3. The van der Waals surface area contributed by atoms with Gasteiger partial charge in [0.1, 0.15) is 24.4 Å². The van der Waals surface area contributed by atoms with Crippen molar-refractivity contribution in [3.8, 4) is 11.1 Å². The Morgan fingerprint density at radius 1 is 0.630 bits per heavy atom. The summed E-state index contributed by atoms with van der Waals surface area (Å²) in [5.74, 6) is -3.74. The van der Waals surface area contributed by atoms with Crippen molar-refractivity contribution >= 4 is 23.9 Å². The van der Waals surface area contributed by atoms with Gasteiger partial charge in [0.05, 0.1) is 13.2 Å². The zero-order valence-electron chi connectivity index (χ0n) is 26.4. The van der Waals surface area contributed by atoms with Gasteiger partial charge in [-0.15, -0.1) is 0 Å². The largest absolute Gasteiger partial charge is 0.478 e. The van der Waals surface area contributed by atoms with Crippen LogP contribution in [0.1, 0.15) is 62.2 Å². The summed E-state index contributed by atoms with van der Waals surface area (Å²) in [7, 11) is 0. The van der Waals surface area contributed by atoms with Crippen molar-refractivity contribution in [2.24, 2.45) is 0 Å². The fraction of sp³-hybridized carbons (Fsp3) is 0.314. The van der Waals surface area contributed by atoms with Crippen LogP contribution in [0.5, 0.6) is 0 Å². The lowest BCUT2D eigenvalue weighted by molar-refractivity contribution is -0.133. The number of aliphatic carboxylic acids is 4. The SMILES string of the molecule is C=C(C)C(=O)O.C=C(C)C(=O)O.C=C(C)C(=O)O.C=C(C)C(=O)O.c1ccc2c(c1)Cc1c-2ccc2c1C1OC1COCC1OC21. The summed E-state index contributed by atoms with van der Waals surface area (Å²) in [4.78, 5) is 38.4. The lowest BCUT2D eigenvalue weighted by Gasteiger charge is -2.12. The highest BCUT2D eigenvalue weighted by Crippen LogP contribution is 2.53. The minimum Gasteiger partial charge on any atom is -0.478 e. The van der Waals surface area contributed by atoms with Gasteiger partial charge in [0.15, 0.2) is 0 Å². The van der Waals surface area contributed by atoms with Crippen LogP contribution in [0.15, 0.2) is 85.0 Å². The Labute approximate surface area is 267 Å². The Hall–Kier alpha value is -4.84. The minimum atomic E-state index is -0.935. The quantitative estimate of drug-likeness (QED) is 0.202. The topological polar surface area (TPSA) is 183 Å². The zero-order chi connectivity index (χ0) is 34.9. The summed E-state index contributed by atoms with van der Waals surface area (Å²) in [5.41, 5.74) is 9.04. The maximum absolute atomic E-state index is 9.60. The molecule has 2 saturated heterocycles. The second-order valence-electron chi connectivity index (χ2n) is 11.0. The van der Waals surface area contributed by atoms with Crippen LogP contribution in [0.25, 0.3) is 11.1 Å². The van der Waals surface area contributed by atoms with Crippen LogP contribution in [0.4, 0.5) is 0 Å². The first-order valence-electron chi connectivity index (χ1n) is 14.2. The van der Waals surface area contributed by atoms with Crippen LogP contribution >= 0.6 is 0 Å². The van der Waals surface area contributed by atoms with Crippen molar-refractivity contribution in [2.45, 2.75) is 58.5 Å². The first-order chi connectivity index (χ1) is 21.5. The molecule has 3 heterocycles. The van der Waals surface area contributed by atoms with Gasteiger partial charge in [0.2, 0.25) is 0 Å². The first-order valence-corrected chi connectivity index (χ1v) is 14.2. The number of rotatable bonds is 4. The summed E-state index contributed by atoms with van der Waals surface area (Å²) in [6.07, 6.45) is 1.87. The van der Waals surface area contributed by atoms with Crippen molar-refractivity contribution in [2.75, 3.05) is 13.2 Å². The summed E-state index contributed by atoms with van der Waals surface area (Å²) in [6.45, 7) is 19.8. The average molecular weight is 637 g/mol. The monoisotopic (exact) mass is 636 g/mol. The molecule has 46 heavy (non-hydrogen) atoms. The summed E-state index contributed by atoms with van der Waals surface area (Å²) >= 11 is 0. The molecule has 0 aromatic heterocycles. The fourth-order valence-electron chi connectivity index (χ4n) is 4.20. The van der Waals surface area contributed by atoms with E-state index in [9.17, 15) is 19.2 Å². The number of hydrogen-bond acceptors (Lipinski definition) is 7. The van der Waals surface area contributed by atoms with Gasteiger partial charge in [-0.05, 0) is 67.5 Å². The van der Waals surface area contributed by atoms with Gasteiger partial charge < -0.3 is 34.6 Å². The normalized spacial score (nSPS) is 19.8. The molecule has 4 unspecified atom stereocenters. The smallest absolute Gasteiger partial charge is 0.330 e. The predicted molar refractivity (Wildman–Crippen MR) is 171 cm³/mol. The molecule has 0 spiro atoms. The number of epoxide rings is 2. The third-order valence-corrected chi connectivity index (χ3v) is 6.85. The standard InChI is InChI=1S/C19H16O3.4C4H6O2/c1-2-4-11-10(3-1)7-14-12(11)5-6-13-17(14)19-16(22-19)9-20-8-15-18(13)21-15;4*1-3(2)4(5)6/h1-6,15-16,18-19H,7-9H2;4*1H2,2H3,(H,5,6). The van der Waals surface area contributed by atoms with E-state index in [1.807, 2.05) is 0 Å². The van der Waals surface area contributed by atoms with E-state index in [0.717, 1.165) is 6.42 Å². The van der Waals surface area contributed by atoms with Gasteiger partial charge in [-0.1, -0.05) is 62.7 Å². The third kappa shape index (κ3) is 10.7. The highest BCUT2D eigenvalue weighted by molar-refractivity contribution is 5.86. The van der Waals surface area contributed by atoms with Crippen LogP contribution < -0.4 is 0 Å². The number of carboxylic acids is 4. The molecule has 4 aliphatic rings. The van der Waals surface area contributed by atoms with E-state index >= 15 is 0 Å². The molecule has 246 valence electrons. The molecule has 11 heteroatoms. The van der Waals surface area contributed by atoms with Gasteiger partial charge in [-0.25, -0.2) is 19.2 Å². The van der Waals surface area contributed by atoms with E-state index in [1.165, 1.54) is 61.1 Å². The number of benzene rings is 2. The predicted octanol–water partition coefficient (Wildman–Crippen LogP) is 5.76. The van der Waals surface area contributed by atoms with Crippen molar-refractivity contribution in [3.05, 3.63) is 107 Å². The third-order valence-electron chi connectivity index (χ3n) is 6.85. The number of carbonyl (C=O) groups is 4. The van der Waals surface area contributed by atoms with Gasteiger partial charge in [-0.2, -0.15) is 0 Å². The van der Waals surface area contributed by atoms with E-state index in [4.69, 9.17) is 34.6 Å². The van der Waals surface area contributed by atoms with Crippen molar-refractivity contribution in [3.63, 3.8) is 0 Å².